The van der Waals surface area contributed by atoms with Gasteiger partial charge < -0.3 is 4.42 Å². The van der Waals surface area contributed by atoms with Crippen LogP contribution in [0.5, 0.6) is 0 Å². The molecule has 0 aliphatic rings. The van der Waals surface area contributed by atoms with Crippen LogP contribution in [-0.2, 0) is 11.2 Å². The van der Waals surface area contributed by atoms with Crippen LogP contribution >= 0.6 is 11.6 Å². The Morgan fingerprint density at radius 1 is 1.20 bits per heavy atom. The molecule has 5 heteroatoms. The quantitative estimate of drug-likeness (QED) is 0.799. The van der Waals surface area contributed by atoms with Crippen LogP contribution in [0.4, 0.5) is 6.01 Å². The zero-order chi connectivity index (χ0) is 13.9. The second kappa shape index (κ2) is 5.35. The molecular weight excluding hydrogens is 276 g/mol. The molecule has 0 bridgehead atoms. The minimum atomic E-state index is -0.172. The topological polar surface area (TPSA) is 55.1 Å². The van der Waals surface area contributed by atoms with E-state index in [1.54, 1.807) is 18.2 Å². The molecule has 0 radical (unpaired) electrons. The molecule has 0 saturated heterocycles. The Morgan fingerprint density at radius 3 is 2.80 bits per heavy atom. The van der Waals surface area contributed by atoms with Crippen molar-refractivity contribution >= 4 is 34.6 Å². The van der Waals surface area contributed by atoms with Gasteiger partial charge in [0.1, 0.15) is 5.52 Å². The first-order valence-electron chi connectivity index (χ1n) is 6.10. The number of nitrogens with zero attached hydrogens (tertiary/aromatic N) is 1. The molecule has 20 heavy (non-hydrogen) atoms. The summed E-state index contributed by atoms with van der Waals surface area (Å²) in [5, 5.41) is 3.21. The predicted molar refractivity (Wildman–Crippen MR) is 77.8 cm³/mol. The maximum atomic E-state index is 11.9. The minimum absolute atomic E-state index is 0.172. The van der Waals surface area contributed by atoms with Crippen LogP contribution in [-0.4, -0.2) is 10.9 Å². The molecule has 0 atom stereocenters. The lowest BCUT2D eigenvalue weighted by molar-refractivity contribution is -0.115. The molecule has 0 unspecified atom stereocenters. The third kappa shape index (κ3) is 2.81. The van der Waals surface area contributed by atoms with Gasteiger partial charge in [-0.25, -0.2) is 0 Å². The Morgan fingerprint density at radius 2 is 2.00 bits per heavy atom. The standard InChI is InChI=1S/C15H11ClN2O2/c16-11-6-7-12-13(9-11)20-15(17-12)18-14(19)8-10-4-2-1-3-5-10/h1-7,9H,8H2,(H,17,18,19). The number of fused-ring (bicyclic) bond motifs is 1. The average Bonchev–Trinajstić information content (AvgIpc) is 2.80. The van der Waals surface area contributed by atoms with Crippen molar-refractivity contribution in [3.05, 3.63) is 59.1 Å². The highest BCUT2D eigenvalue weighted by Gasteiger charge is 2.10. The van der Waals surface area contributed by atoms with Crippen molar-refractivity contribution in [2.75, 3.05) is 5.32 Å². The summed E-state index contributed by atoms with van der Waals surface area (Å²) in [5.41, 5.74) is 2.14. The van der Waals surface area contributed by atoms with Gasteiger partial charge in [-0.15, -0.1) is 0 Å². The van der Waals surface area contributed by atoms with E-state index in [0.29, 0.717) is 16.1 Å². The van der Waals surface area contributed by atoms with Crippen molar-refractivity contribution < 1.29 is 9.21 Å². The number of hydrogen-bond acceptors (Lipinski definition) is 3. The van der Waals surface area contributed by atoms with Crippen LogP contribution in [0.25, 0.3) is 11.1 Å². The van der Waals surface area contributed by atoms with E-state index in [9.17, 15) is 4.79 Å². The van der Waals surface area contributed by atoms with Crippen LogP contribution in [0.1, 0.15) is 5.56 Å². The molecule has 0 aliphatic carbocycles. The van der Waals surface area contributed by atoms with Crippen molar-refractivity contribution in [3.8, 4) is 0 Å². The van der Waals surface area contributed by atoms with Crippen molar-refractivity contribution in [2.24, 2.45) is 0 Å². The van der Waals surface area contributed by atoms with Gasteiger partial charge >= 0.3 is 6.01 Å². The lowest BCUT2D eigenvalue weighted by atomic mass is 10.1. The van der Waals surface area contributed by atoms with Gasteiger partial charge in [-0.05, 0) is 17.7 Å². The Labute approximate surface area is 120 Å². The Balaban J connectivity index is 1.74. The van der Waals surface area contributed by atoms with E-state index in [1.807, 2.05) is 30.3 Å². The van der Waals surface area contributed by atoms with Crippen LogP contribution in [0.2, 0.25) is 5.02 Å². The van der Waals surface area contributed by atoms with Crippen molar-refractivity contribution in [1.29, 1.82) is 0 Å². The molecule has 0 saturated carbocycles. The van der Waals surface area contributed by atoms with Crippen LogP contribution in [0.15, 0.2) is 52.9 Å². The molecule has 1 aromatic heterocycles. The molecule has 1 amide bonds. The van der Waals surface area contributed by atoms with E-state index in [1.165, 1.54) is 0 Å². The summed E-state index contributed by atoms with van der Waals surface area (Å²) < 4.78 is 5.43. The summed E-state index contributed by atoms with van der Waals surface area (Å²) in [5.74, 6) is -0.172. The van der Waals surface area contributed by atoms with Gasteiger partial charge in [0.05, 0.1) is 6.42 Å². The average molecular weight is 287 g/mol. The van der Waals surface area contributed by atoms with Gasteiger partial charge in [0, 0.05) is 11.1 Å². The number of amides is 1. The number of halogens is 1. The monoisotopic (exact) mass is 286 g/mol. The number of carbonyl (C=O) groups is 1. The fourth-order valence-corrected chi connectivity index (χ4v) is 2.06. The van der Waals surface area contributed by atoms with Gasteiger partial charge in [0.2, 0.25) is 5.91 Å². The first-order chi connectivity index (χ1) is 9.70. The molecule has 3 rings (SSSR count). The molecule has 0 fully saturated rings. The number of oxazole rings is 1. The molecule has 1 heterocycles. The molecule has 0 aliphatic heterocycles. The van der Waals surface area contributed by atoms with Crippen molar-refractivity contribution in [2.45, 2.75) is 6.42 Å². The fourth-order valence-electron chi connectivity index (χ4n) is 1.90. The molecule has 3 aromatic rings. The number of rotatable bonds is 3. The Kier molecular flexibility index (Phi) is 3.39. The maximum Gasteiger partial charge on any atom is 0.302 e. The summed E-state index contributed by atoms with van der Waals surface area (Å²) >= 11 is 5.87. The van der Waals surface area contributed by atoms with E-state index in [4.69, 9.17) is 16.0 Å². The molecule has 100 valence electrons. The summed E-state index contributed by atoms with van der Waals surface area (Å²) in [4.78, 5) is 16.1. The zero-order valence-electron chi connectivity index (χ0n) is 10.5. The Bertz CT molecular complexity index is 753. The van der Waals surface area contributed by atoms with Gasteiger partial charge in [-0.3, -0.25) is 10.1 Å². The summed E-state index contributed by atoms with van der Waals surface area (Å²) in [6.45, 7) is 0. The lowest BCUT2D eigenvalue weighted by Crippen LogP contribution is -2.14. The van der Waals surface area contributed by atoms with E-state index in [0.717, 1.165) is 5.56 Å². The SMILES string of the molecule is O=C(Cc1ccccc1)Nc1nc2ccc(Cl)cc2o1. The number of nitrogens with one attached hydrogen (secondary N) is 1. The van der Waals surface area contributed by atoms with Gasteiger partial charge in [0.15, 0.2) is 5.58 Å². The van der Waals surface area contributed by atoms with Crippen molar-refractivity contribution in [1.82, 2.24) is 4.98 Å². The van der Waals surface area contributed by atoms with E-state index < -0.39 is 0 Å². The lowest BCUT2D eigenvalue weighted by Gasteiger charge is -2.00. The number of anilines is 1. The number of benzene rings is 2. The van der Waals surface area contributed by atoms with E-state index >= 15 is 0 Å². The normalized spacial score (nSPS) is 10.7. The van der Waals surface area contributed by atoms with Gasteiger partial charge in [-0.1, -0.05) is 41.9 Å². The molecule has 2 aromatic carbocycles. The zero-order valence-corrected chi connectivity index (χ0v) is 11.2. The van der Waals surface area contributed by atoms with Gasteiger partial charge in [-0.2, -0.15) is 4.98 Å². The van der Waals surface area contributed by atoms with E-state index in [-0.39, 0.29) is 18.3 Å². The third-order valence-electron chi connectivity index (χ3n) is 2.80. The van der Waals surface area contributed by atoms with Crippen LogP contribution in [0.3, 0.4) is 0 Å². The first kappa shape index (κ1) is 12.7. The maximum absolute atomic E-state index is 11.9. The highest BCUT2D eigenvalue weighted by Crippen LogP contribution is 2.22. The van der Waals surface area contributed by atoms with Crippen LogP contribution < -0.4 is 5.32 Å². The highest BCUT2D eigenvalue weighted by molar-refractivity contribution is 6.31. The largest absolute Gasteiger partial charge is 0.423 e. The summed E-state index contributed by atoms with van der Waals surface area (Å²) in [6, 6.07) is 14.8. The van der Waals surface area contributed by atoms with Crippen molar-refractivity contribution in [3.63, 3.8) is 0 Å². The predicted octanol–water partition coefficient (Wildman–Crippen LogP) is 3.66. The van der Waals surface area contributed by atoms with Gasteiger partial charge in [0.25, 0.3) is 0 Å². The Hall–Kier alpha value is -2.33. The molecule has 1 N–H and O–H groups in total. The smallest absolute Gasteiger partial charge is 0.302 e. The molecule has 0 spiro atoms. The minimum Gasteiger partial charge on any atom is -0.423 e. The molecular formula is C15H11ClN2O2. The summed E-state index contributed by atoms with van der Waals surface area (Å²) in [7, 11) is 0. The molecule has 4 nitrogen and oxygen atoms in total. The van der Waals surface area contributed by atoms with Crippen LogP contribution in [0, 0.1) is 0 Å². The third-order valence-corrected chi connectivity index (χ3v) is 3.04. The number of hydrogen-bond donors (Lipinski definition) is 1. The second-order valence-electron chi connectivity index (χ2n) is 4.34. The highest BCUT2D eigenvalue weighted by atomic mass is 35.5. The summed E-state index contributed by atoms with van der Waals surface area (Å²) in [6.07, 6.45) is 0.278. The number of aromatic nitrogens is 1. The first-order valence-corrected chi connectivity index (χ1v) is 6.48. The fraction of sp³-hybridized carbons (Fsp3) is 0.0667. The number of carbonyl (C=O) groups excluding carboxylic acids is 1. The second-order valence-corrected chi connectivity index (χ2v) is 4.78. The van der Waals surface area contributed by atoms with E-state index in [2.05, 4.69) is 10.3 Å².